The molecule has 1 aromatic heterocycles. The van der Waals surface area contributed by atoms with E-state index >= 15 is 0 Å². The minimum atomic E-state index is 0.626. The Hall–Kier alpha value is -1.03. The lowest BCUT2D eigenvalue weighted by Gasteiger charge is -2.01. The van der Waals surface area contributed by atoms with Gasteiger partial charge in [0, 0.05) is 10.0 Å². The molecule has 5 heteroatoms. The van der Waals surface area contributed by atoms with E-state index in [4.69, 9.17) is 23.2 Å². The van der Waals surface area contributed by atoms with Gasteiger partial charge in [0.1, 0.15) is 11.3 Å². The SMILES string of the molecule is Clc1c(Br)cccc1-c1nc2c(Cl)cccc2[nH]1. The maximum absolute atomic E-state index is 6.26. The topological polar surface area (TPSA) is 28.7 Å². The molecule has 0 spiro atoms. The molecule has 0 saturated carbocycles. The fraction of sp³-hybridized carbons (Fsp3) is 0. The van der Waals surface area contributed by atoms with Crippen LogP contribution in [0.2, 0.25) is 10.0 Å². The molecular weight excluding hydrogens is 335 g/mol. The first kappa shape index (κ1) is 12.0. The van der Waals surface area contributed by atoms with Crippen molar-refractivity contribution in [1.82, 2.24) is 9.97 Å². The molecule has 0 bridgehead atoms. The van der Waals surface area contributed by atoms with E-state index in [1.54, 1.807) is 0 Å². The van der Waals surface area contributed by atoms with Gasteiger partial charge in [-0.1, -0.05) is 35.3 Å². The lowest BCUT2D eigenvalue weighted by molar-refractivity contribution is 1.33. The Morgan fingerprint density at radius 3 is 2.61 bits per heavy atom. The molecule has 3 aromatic rings. The van der Waals surface area contributed by atoms with E-state index in [9.17, 15) is 0 Å². The van der Waals surface area contributed by atoms with Crippen LogP contribution in [-0.4, -0.2) is 9.97 Å². The first-order valence-corrected chi connectivity index (χ1v) is 6.80. The average molecular weight is 342 g/mol. The van der Waals surface area contributed by atoms with Crippen molar-refractivity contribution in [2.24, 2.45) is 0 Å². The summed E-state index contributed by atoms with van der Waals surface area (Å²) in [5, 5.41) is 1.26. The zero-order chi connectivity index (χ0) is 12.7. The van der Waals surface area contributed by atoms with Crippen molar-refractivity contribution in [2.75, 3.05) is 0 Å². The molecule has 0 saturated heterocycles. The molecule has 90 valence electrons. The first-order valence-electron chi connectivity index (χ1n) is 5.25. The number of nitrogens with zero attached hydrogens (tertiary/aromatic N) is 1. The molecule has 1 N–H and O–H groups in total. The second-order valence-corrected chi connectivity index (χ2v) is 5.46. The zero-order valence-electron chi connectivity index (χ0n) is 9.05. The summed E-state index contributed by atoms with van der Waals surface area (Å²) in [6, 6.07) is 11.4. The minimum absolute atomic E-state index is 0.626. The summed E-state index contributed by atoms with van der Waals surface area (Å²) in [5.41, 5.74) is 2.50. The van der Waals surface area contributed by atoms with Crippen molar-refractivity contribution >= 4 is 50.2 Å². The van der Waals surface area contributed by atoms with Gasteiger partial charge in [-0.25, -0.2) is 4.98 Å². The summed E-state index contributed by atoms with van der Waals surface area (Å²) in [6.45, 7) is 0. The molecule has 0 fully saturated rings. The fourth-order valence-electron chi connectivity index (χ4n) is 1.81. The monoisotopic (exact) mass is 340 g/mol. The third kappa shape index (κ3) is 1.92. The number of fused-ring (bicyclic) bond motifs is 1. The van der Waals surface area contributed by atoms with Gasteiger partial charge in [-0.3, -0.25) is 0 Å². The Morgan fingerprint density at radius 1 is 1.06 bits per heavy atom. The van der Waals surface area contributed by atoms with Gasteiger partial charge < -0.3 is 4.98 Å². The van der Waals surface area contributed by atoms with Crippen LogP contribution in [0.3, 0.4) is 0 Å². The van der Waals surface area contributed by atoms with Gasteiger partial charge in [0.25, 0.3) is 0 Å². The molecule has 18 heavy (non-hydrogen) atoms. The summed E-state index contributed by atoms with van der Waals surface area (Å²) < 4.78 is 0.841. The number of benzene rings is 2. The van der Waals surface area contributed by atoms with Crippen LogP contribution >= 0.6 is 39.1 Å². The number of aromatic nitrogens is 2. The van der Waals surface area contributed by atoms with Crippen molar-refractivity contribution in [3.05, 3.63) is 50.9 Å². The number of halogens is 3. The van der Waals surface area contributed by atoms with E-state index in [2.05, 4.69) is 25.9 Å². The normalized spacial score (nSPS) is 11.1. The highest BCUT2D eigenvalue weighted by molar-refractivity contribution is 9.10. The Bertz CT molecular complexity index is 737. The highest BCUT2D eigenvalue weighted by Crippen LogP contribution is 2.33. The maximum atomic E-state index is 6.26. The fourth-order valence-corrected chi connectivity index (χ4v) is 2.61. The molecule has 3 rings (SSSR count). The predicted molar refractivity (Wildman–Crippen MR) is 79.2 cm³/mol. The number of hydrogen-bond donors (Lipinski definition) is 1. The summed E-state index contributed by atoms with van der Waals surface area (Å²) in [4.78, 5) is 7.71. The van der Waals surface area contributed by atoms with Gasteiger partial charge in [0.15, 0.2) is 0 Å². The van der Waals surface area contributed by atoms with Crippen molar-refractivity contribution in [2.45, 2.75) is 0 Å². The Morgan fingerprint density at radius 2 is 1.83 bits per heavy atom. The molecule has 1 heterocycles. The van der Waals surface area contributed by atoms with Crippen molar-refractivity contribution in [3.63, 3.8) is 0 Å². The summed E-state index contributed by atoms with van der Waals surface area (Å²) in [5.74, 6) is 0.712. The van der Waals surface area contributed by atoms with Crippen molar-refractivity contribution in [1.29, 1.82) is 0 Å². The van der Waals surface area contributed by atoms with Crippen LogP contribution in [-0.2, 0) is 0 Å². The number of hydrogen-bond acceptors (Lipinski definition) is 1. The zero-order valence-corrected chi connectivity index (χ0v) is 12.1. The van der Waals surface area contributed by atoms with Gasteiger partial charge in [0.2, 0.25) is 0 Å². The minimum Gasteiger partial charge on any atom is -0.338 e. The Kier molecular flexibility index (Phi) is 3.06. The maximum Gasteiger partial charge on any atom is 0.140 e. The Labute approximate surface area is 122 Å². The third-order valence-electron chi connectivity index (χ3n) is 2.67. The lowest BCUT2D eigenvalue weighted by Crippen LogP contribution is -1.82. The number of aromatic amines is 1. The predicted octanol–water partition coefficient (Wildman–Crippen LogP) is 5.30. The quantitative estimate of drug-likeness (QED) is 0.639. The molecular formula is C13H7BrCl2N2. The first-order chi connectivity index (χ1) is 8.66. The van der Waals surface area contributed by atoms with E-state index < -0.39 is 0 Å². The van der Waals surface area contributed by atoms with Gasteiger partial charge in [-0.2, -0.15) is 0 Å². The highest BCUT2D eigenvalue weighted by atomic mass is 79.9. The Balaban J connectivity index is 2.26. The van der Waals surface area contributed by atoms with Crippen LogP contribution < -0.4 is 0 Å². The van der Waals surface area contributed by atoms with E-state index in [-0.39, 0.29) is 0 Å². The molecule has 0 aliphatic heterocycles. The van der Waals surface area contributed by atoms with E-state index in [1.807, 2.05) is 36.4 Å². The van der Waals surface area contributed by atoms with Gasteiger partial charge >= 0.3 is 0 Å². The van der Waals surface area contributed by atoms with Crippen LogP contribution in [0.5, 0.6) is 0 Å². The average Bonchev–Trinajstić information content (AvgIpc) is 2.78. The van der Waals surface area contributed by atoms with Gasteiger partial charge in [-0.05, 0) is 40.2 Å². The number of H-pyrrole nitrogens is 1. The number of para-hydroxylation sites is 1. The van der Waals surface area contributed by atoms with Crippen LogP contribution in [0.15, 0.2) is 40.9 Å². The highest BCUT2D eigenvalue weighted by Gasteiger charge is 2.11. The molecule has 0 unspecified atom stereocenters. The summed E-state index contributed by atoms with van der Waals surface area (Å²) >= 11 is 15.8. The third-order valence-corrected chi connectivity index (χ3v) is 4.27. The number of nitrogens with one attached hydrogen (secondary N) is 1. The lowest BCUT2D eigenvalue weighted by atomic mass is 10.2. The van der Waals surface area contributed by atoms with Crippen LogP contribution in [0, 0.1) is 0 Å². The van der Waals surface area contributed by atoms with Crippen molar-refractivity contribution in [3.8, 4) is 11.4 Å². The molecule has 0 aliphatic carbocycles. The molecule has 2 aromatic carbocycles. The molecule has 0 amide bonds. The largest absolute Gasteiger partial charge is 0.338 e. The number of rotatable bonds is 1. The van der Waals surface area contributed by atoms with Crippen LogP contribution in [0.4, 0.5) is 0 Å². The van der Waals surface area contributed by atoms with E-state index in [1.165, 1.54) is 0 Å². The van der Waals surface area contributed by atoms with Gasteiger partial charge in [-0.15, -0.1) is 0 Å². The molecule has 2 nitrogen and oxygen atoms in total. The second kappa shape index (κ2) is 4.57. The molecule has 0 radical (unpaired) electrons. The van der Waals surface area contributed by atoms with Crippen LogP contribution in [0.25, 0.3) is 22.4 Å². The van der Waals surface area contributed by atoms with E-state index in [0.717, 1.165) is 21.1 Å². The molecule has 0 atom stereocenters. The standard InChI is InChI=1S/C13H7BrCl2N2/c14-8-4-1-3-7(11(8)16)13-17-10-6-2-5-9(15)12(10)18-13/h1-6H,(H,17,18). The van der Waals surface area contributed by atoms with Gasteiger partial charge in [0.05, 0.1) is 15.6 Å². The smallest absolute Gasteiger partial charge is 0.140 e. The molecule has 0 aliphatic rings. The van der Waals surface area contributed by atoms with E-state index in [0.29, 0.717) is 15.9 Å². The summed E-state index contributed by atoms with van der Waals surface area (Å²) in [6.07, 6.45) is 0. The second-order valence-electron chi connectivity index (χ2n) is 3.82. The van der Waals surface area contributed by atoms with Crippen molar-refractivity contribution < 1.29 is 0 Å². The van der Waals surface area contributed by atoms with Crippen LogP contribution in [0.1, 0.15) is 0 Å². The summed E-state index contributed by atoms with van der Waals surface area (Å²) in [7, 11) is 0. The number of imidazole rings is 1.